The molecular formula is C14H19N5S. The molecule has 106 valence electrons. The van der Waals surface area contributed by atoms with Crippen molar-refractivity contribution in [1.29, 1.82) is 0 Å². The monoisotopic (exact) mass is 289 g/mol. The molecule has 2 rings (SSSR count). The molecule has 0 radical (unpaired) electrons. The molecule has 2 heterocycles. The van der Waals surface area contributed by atoms with E-state index in [2.05, 4.69) is 19.9 Å². The van der Waals surface area contributed by atoms with E-state index in [1.165, 1.54) is 11.8 Å². The number of nitrogen functional groups attached to an aromatic ring is 1. The normalized spacial score (nSPS) is 11.1. The number of anilines is 1. The summed E-state index contributed by atoms with van der Waals surface area (Å²) in [6.45, 7) is 9.93. The Hall–Kier alpha value is -1.69. The molecule has 2 aromatic heterocycles. The first-order valence-electron chi connectivity index (χ1n) is 6.51. The Kier molecular flexibility index (Phi) is 4.23. The van der Waals surface area contributed by atoms with Crippen molar-refractivity contribution in [1.82, 2.24) is 19.9 Å². The number of aryl methyl sites for hydroxylation is 2. The fourth-order valence-electron chi connectivity index (χ4n) is 1.71. The number of hydrogen-bond acceptors (Lipinski definition) is 6. The molecule has 0 bridgehead atoms. The minimum absolute atomic E-state index is 0.234. The summed E-state index contributed by atoms with van der Waals surface area (Å²) >= 11 is 1.43. The van der Waals surface area contributed by atoms with Gasteiger partial charge in [0.05, 0.1) is 0 Å². The summed E-state index contributed by atoms with van der Waals surface area (Å²) in [5.74, 6) is 1.51. The zero-order chi connectivity index (χ0) is 14.9. The van der Waals surface area contributed by atoms with Gasteiger partial charge in [-0.05, 0) is 38.6 Å². The van der Waals surface area contributed by atoms with Gasteiger partial charge in [-0.15, -0.1) is 0 Å². The van der Waals surface area contributed by atoms with Crippen LogP contribution < -0.4 is 5.73 Å². The molecule has 0 aromatic carbocycles. The van der Waals surface area contributed by atoms with E-state index in [1.807, 2.05) is 40.7 Å². The molecule has 0 spiro atoms. The van der Waals surface area contributed by atoms with Gasteiger partial charge in [0.25, 0.3) is 0 Å². The van der Waals surface area contributed by atoms with Crippen LogP contribution in [0.1, 0.15) is 42.5 Å². The molecule has 0 atom stereocenters. The van der Waals surface area contributed by atoms with E-state index < -0.39 is 0 Å². The van der Waals surface area contributed by atoms with Crippen LogP contribution in [0.5, 0.6) is 0 Å². The lowest BCUT2D eigenvalue weighted by Crippen LogP contribution is -2.06. The van der Waals surface area contributed by atoms with Crippen molar-refractivity contribution in [2.75, 3.05) is 5.73 Å². The Morgan fingerprint density at radius 2 is 1.60 bits per heavy atom. The Labute approximate surface area is 123 Å². The van der Waals surface area contributed by atoms with Gasteiger partial charge < -0.3 is 5.73 Å². The molecule has 2 aromatic rings. The van der Waals surface area contributed by atoms with Crippen molar-refractivity contribution in [2.24, 2.45) is 0 Å². The number of rotatable bonds is 3. The highest BCUT2D eigenvalue weighted by Gasteiger charge is 2.14. The van der Waals surface area contributed by atoms with Crippen molar-refractivity contribution in [2.45, 2.75) is 50.7 Å². The van der Waals surface area contributed by atoms with Crippen LogP contribution in [0, 0.1) is 20.8 Å². The summed E-state index contributed by atoms with van der Waals surface area (Å²) in [4.78, 5) is 17.8. The topological polar surface area (TPSA) is 77.6 Å². The molecule has 0 aliphatic heterocycles. The van der Waals surface area contributed by atoms with E-state index in [-0.39, 0.29) is 5.92 Å². The van der Waals surface area contributed by atoms with Gasteiger partial charge >= 0.3 is 0 Å². The van der Waals surface area contributed by atoms with Gasteiger partial charge in [0.1, 0.15) is 16.7 Å². The van der Waals surface area contributed by atoms with Gasteiger partial charge in [-0.1, -0.05) is 13.8 Å². The van der Waals surface area contributed by atoms with Gasteiger partial charge in [0.2, 0.25) is 0 Å². The number of nitrogens with two attached hydrogens (primary N) is 1. The Balaban J connectivity index is 2.42. The Morgan fingerprint density at radius 1 is 1.00 bits per heavy atom. The zero-order valence-corrected chi connectivity index (χ0v) is 13.2. The summed E-state index contributed by atoms with van der Waals surface area (Å²) in [7, 11) is 0. The van der Waals surface area contributed by atoms with Gasteiger partial charge in [0, 0.05) is 22.9 Å². The molecular weight excluding hydrogens is 270 g/mol. The fourth-order valence-corrected chi connectivity index (χ4v) is 2.66. The zero-order valence-electron chi connectivity index (χ0n) is 12.4. The predicted octanol–water partition coefficient (Wildman–Crippen LogP) is 3.05. The molecule has 20 heavy (non-hydrogen) atoms. The van der Waals surface area contributed by atoms with E-state index in [0.29, 0.717) is 11.0 Å². The lowest BCUT2D eigenvalue weighted by molar-refractivity contribution is 0.750. The van der Waals surface area contributed by atoms with Crippen LogP contribution in [-0.4, -0.2) is 19.9 Å². The lowest BCUT2D eigenvalue weighted by Gasteiger charge is -2.11. The molecule has 6 heteroatoms. The van der Waals surface area contributed by atoms with Crippen molar-refractivity contribution in [3.8, 4) is 0 Å². The summed E-state index contributed by atoms with van der Waals surface area (Å²) in [5, 5.41) is 1.52. The Bertz CT molecular complexity index is 619. The maximum Gasteiger partial charge on any atom is 0.194 e. The first kappa shape index (κ1) is 14.7. The third kappa shape index (κ3) is 3.25. The summed E-state index contributed by atoms with van der Waals surface area (Å²) in [6, 6.07) is 1.95. The fraction of sp³-hybridized carbons (Fsp3) is 0.429. The lowest BCUT2D eigenvalue weighted by atomic mass is 10.2. The molecule has 0 unspecified atom stereocenters. The molecule has 2 N–H and O–H groups in total. The molecule has 5 nitrogen and oxygen atoms in total. The summed E-state index contributed by atoms with van der Waals surface area (Å²) in [6.07, 6.45) is 0. The standard InChI is InChI=1S/C14H19N5S/c1-7(2)12-18-11(15)10(5)13(19-12)20-14-16-8(3)6-9(4)17-14/h6-7H,1-5H3,(H2,15,18,19). The van der Waals surface area contributed by atoms with Crippen LogP contribution in [0.15, 0.2) is 16.2 Å². The van der Waals surface area contributed by atoms with Crippen LogP contribution >= 0.6 is 11.8 Å². The Morgan fingerprint density at radius 3 is 2.15 bits per heavy atom. The molecule has 0 aliphatic carbocycles. The van der Waals surface area contributed by atoms with Gasteiger partial charge in [-0.25, -0.2) is 19.9 Å². The minimum atomic E-state index is 0.234. The highest BCUT2D eigenvalue weighted by Crippen LogP contribution is 2.29. The van der Waals surface area contributed by atoms with Crippen LogP contribution in [0.4, 0.5) is 5.82 Å². The van der Waals surface area contributed by atoms with E-state index >= 15 is 0 Å². The molecule has 0 saturated heterocycles. The highest BCUT2D eigenvalue weighted by molar-refractivity contribution is 7.99. The third-order valence-electron chi connectivity index (χ3n) is 2.82. The van der Waals surface area contributed by atoms with Crippen LogP contribution in [-0.2, 0) is 0 Å². The van der Waals surface area contributed by atoms with Crippen molar-refractivity contribution in [3.63, 3.8) is 0 Å². The predicted molar refractivity (Wildman–Crippen MR) is 80.9 cm³/mol. The maximum absolute atomic E-state index is 5.97. The SMILES string of the molecule is Cc1cc(C)nc(Sc2nc(C(C)C)nc(N)c2C)n1. The summed E-state index contributed by atoms with van der Waals surface area (Å²) < 4.78 is 0. The van der Waals surface area contributed by atoms with E-state index in [9.17, 15) is 0 Å². The summed E-state index contributed by atoms with van der Waals surface area (Å²) in [5.41, 5.74) is 8.74. The average Bonchev–Trinajstić information content (AvgIpc) is 2.33. The maximum atomic E-state index is 5.97. The van der Waals surface area contributed by atoms with Crippen LogP contribution in [0.2, 0.25) is 0 Å². The number of aromatic nitrogens is 4. The molecule has 0 saturated carbocycles. The van der Waals surface area contributed by atoms with Gasteiger partial charge in [-0.2, -0.15) is 0 Å². The highest BCUT2D eigenvalue weighted by atomic mass is 32.2. The van der Waals surface area contributed by atoms with Crippen LogP contribution in [0.3, 0.4) is 0 Å². The van der Waals surface area contributed by atoms with Crippen molar-refractivity contribution >= 4 is 17.6 Å². The first-order valence-corrected chi connectivity index (χ1v) is 7.32. The second-order valence-corrected chi connectivity index (χ2v) is 6.04. The largest absolute Gasteiger partial charge is 0.383 e. The molecule has 0 fully saturated rings. The minimum Gasteiger partial charge on any atom is -0.383 e. The van der Waals surface area contributed by atoms with E-state index in [1.54, 1.807) is 0 Å². The quantitative estimate of drug-likeness (QED) is 0.691. The third-order valence-corrected chi connectivity index (χ3v) is 3.78. The molecule has 0 aliphatic rings. The van der Waals surface area contributed by atoms with Gasteiger partial charge in [0.15, 0.2) is 5.16 Å². The molecule has 0 amide bonds. The number of hydrogen-bond donors (Lipinski definition) is 1. The van der Waals surface area contributed by atoms with Crippen molar-refractivity contribution < 1.29 is 0 Å². The van der Waals surface area contributed by atoms with E-state index in [0.717, 1.165) is 27.8 Å². The number of nitrogens with zero attached hydrogens (tertiary/aromatic N) is 4. The average molecular weight is 289 g/mol. The van der Waals surface area contributed by atoms with Crippen LogP contribution in [0.25, 0.3) is 0 Å². The second-order valence-electron chi connectivity index (χ2n) is 5.09. The van der Waals surface area contributed by atoms with Crippen molar-refractivity contribution in [3.05, 3.63) is 28.8 Å². The van der Waals surface area contributed by atoms with E-state index in [4.69, 9.17) is 5.73 Å². The first-order chi connectivity index (χ1) is 9.36. The smallest absolute Gasteiger partial charge is 0.194 e. The van der Waals surface area contributed by atoms with Gasteiger partial charge in [-0.3, -0.25) is 0 Å². The second kappa shape index (κ2) is 5.75.